The van der Waals surface area contributed by atoms with Crippen LogP contribution in [-0.2, 0) is 41.8 Å². The molecule has 0 heterocycles. The first kappa shape index (κ1) is 64.4. The SMILES string of the molecule is CC/C=C\C(O)C/C=C/C=C\C/C=C\C/C=C\CCCC(=O)OC[C@H](COP(=O)(O)O[C@H]1C(O)C(O)C(O)[C@@H](OP(=O)(O)O)C1O)OC(=O)CC/C=C\C/C=C\C/C=C\C/C=C\C/C=C\CCCCC. The van der Waals surface area contributed by atoms with Crippen molar-refractivity contribution in [1.29, 1.82) is 0 Å². The molecular formula is C51H80O17P2. The number of aliphatic hydroxyl groups is 5. The molecule has 1 rings (SSSR count). The van der Waals surface area contributed by atoms with Crippen LogP contribution in [0.3, 0.4) is 0 Å². The van der Waals surface area contributed by atoms with E-state index in [4.69, 9.17) is 18.5 Å². The number of ether oxygens (including phenoxy) is 2. The Bertz CT molecular complexity index is 1830. The highest BCUT2D eigenvalue weighted by molar-refractivity contribution is 7.47. The summed E-state index contributed by atoms with van der Waals surface area (Å²) in [4.78, 5) is 54.3. The van der Waals surface area contributed by atoms with Crippen molar-refractivity contribution < 1.29 is 82.0 Å². The van der Waals surface area contributed by atoms with E-state index in [0.717, 1.165) is 38.5 Å². The lowest BCUT2D eigenvalue weighted by Crippen LogP contribution is -2.64. The largest absolute Gasteiger partial charge is 0.472 e. The minimum Gasteiger partial charge on any atom is -0.462 e. The van der Waals surface area contributed by atoms with E-state index in [0.29, 0.717) is 32.1 Å². The second kappa shape index (κ2) is 39.9. The van der Waals surface area contributed by atoms with Gasteiger partial charge in [-0.1, -0.05) is 148 Å². The van der Waals surface area contributed by atoms with Gasteiger partial charge < -0.3 is 49.7 Å². The molecule has 1 saturated carbocycles. The zero-order valence-corrected chi connectivity index (χ0v) is 42.5. The summed E-state index contributed by atoms with van der Waals surface area (Å²) < 4.78 is 49.2. The maximum Gasteiger partial charge on any atom is 0.472 e. The molecular weight excluding hydrogens is 946 g/mol. The van der Waals surface area contributed by atoms with Crippen LogP contribution in [0.15, 0.2) is 122 Å². The first-order valence-electron chi connectivity index (χ1n) is 24.2. The number of phosphoric acid groups is 2. The average molecular weight is 1030 g/mol. The normalized spacial score (nSPS) is 22.5. The summed E-state index contributed by atoms with van der Waals surface area (Å²) in [6.07, 6.45) is 36.5. The molecule has 0 aromatic rings. The molecule has 9 atom stereocenters. The Morgan fingerprint density at radius 2 is 1.04 bits per heavy atom. The number of hydrogen-bond acceptors (Lipinski definition) is 14. The van der Waals surface area contributed by atoms with Crippen LogP contribution in [0.5, 0.6) is 0 Å². The number of carbonyl (C=O) groups excluding carboxylic acids is 2. The highest BCUT2D eigenvalue weighted by atomic mass is 31.2. The minimum absolute atomic E-state index is 0.00125. The van der Waals surface area contributed by atoms with Gasteiger partial charge in [0.25, 0.3) is 0 Å². The van der Waals surface area contributed by atoms with E-state index >= 15 is 0 Å². The second-order valence-corrected chi connectivity index (χ2v) is 18.9. The van der Waals surface area contributed by atoms with E-state index in [9.17, 15) is 58.9 Å². The quantitative estimate of drug-likeness (QED) is 0.00946. The summed E-state index contributed by atoms with van der Waals surface area (Å²) in [5.41, 5.74) is 0. The maximum absolute atomic E-state index is 13.0. The van der Waals surface area contributed by atoms with E-state index in [-0.39, 0.29) is 19.3 Å². The molecule has 0 aliphatic heterocycles. The third kappa shape index (κ3) is 33.9. The van der Waals surface area contributed by atoms with Crippen molar-refractivity contribution in [2.45, 2.75) is 172 Å². The molecule has 0 aromatic heterocycles. The van der Waals surface area contributed by atoms with Gasteiger partial charge in [0, 0.05) is 12.8 Å². The lowest BCUT2D eigenvalue weighted by Gasteiger charge is -2.43. The number of allylic oxidation sites excluding steroid dienone is 18. The van der Waals surface area contributed by atoms with Gasteiger partial charge in [-0.15, -0.1) is 0 Å². The van der Waals surface area contributed by atoms with Gasteiger partial charge >= 0.3 is 27.6 Å². The van der Waals surface area contributed by atoms with E-state index in [1.165, 1.54) is 19.3 Å². The molecule has 0 amide bonds. The Morgan fingerprint density at radius 3 is 1.59 bits per heavy atom. The monoisotopic (exact) mass is 1030 g/mol. The highest BCUT2D eigenvalue weighted by Crippen LogP contribution is 2.49. The summed E-state index contributed by atoms with van der Waals surface area (Å²) >= 11 is 0. The number of esters is 2. The number of carbonyl (C=O) groups is 2. The molecule has 396 valence electrons. The fourth-order valence-corrected chi connectivity index (χ4v) is 7.90. The van der Waals surface area contributed by atoms with Crippen LogP contribution in [0.2, 0.25) is 0 Å². The van der Waals surface area contributed by atoms with Crippen LogP contribution in [0, 0.1) is 0 Å². The van der Waals surface area contributed by atoms with Gasteiger partial charge in [0.2, 0.25) is 0 Å². The highest BCUT2D eigenvalue weighted by Gasteiger charge is 2.54. The number of aliphatic hydroxyl groups excluding tert-OH is 5. The number of rotatable bonds is 38. The predicted molar refractivity (Wildman–Crippen MR) is 270 cm³/mol. The van der Waals surface area contributed by atoms with Crippen molar-refractivity contribution in [1.82, 2.24) is 0 Å². The molecule has 1 aliphatic carbocycles. The molecule has 0 bridgehead atoms. The standard InChI is InChI=1S/C51H80O17P2/c1-3-5-7-8-9-10-11-12-13-14-15-16-17-18-23-26-29-32-35-39-45(54)66-43(41-65-70(62,63)68-51-48(57)46(55)47(56)50(49(51)58)67-69(59,60)61)40-64-44(53)38-34-31-28-25-22-20-19-21-24-27-30-33-37-42(52)36-6-4-2/h6,9-10,12-13,15-16,18-20,23-25,27-30,32-33,36,42-43,46-52,55-58H,3-5,7-8,11,14,17,21-22,26,31,34-35,37-41H2,1-2H3,(H,62,63)(H2,59,60,61)/b10-9-,13-12-,16-15-,20-19-,23-18-,27-24-,28-25-,32-29-,33-30+,36-6-/t42?,43-,46?,47?,48?,49?,50-,51+/m1/s1. The van der Waals surface area contributed by atoms with Crippen molar-refractivity contribution in [3.05, 3.63) is 122 Å². The van der Waals surface area contributed by atoms with Crippen LogP contribution in [0.1, 0.15) is 123 Å². The fourth-order valence-electron chi connectivity index (χ4n) is 6.36. The lowest BCUT2D eigenvalue weighted by atomic mass is 9.85. The predicted octanol–water partition coefficient (Wildman–Crippen LogP) is 8.47. The summed E-state index contributed by atoms with van der Waals surface area (Å²) in [7, 11) is -10.8. The molecule has 1 fully saturated rings. The fraction of sp³-hybridized carbons (Fsp3) is 0.569. The molecule has 70 heavy (non-hydrogen) atoms. The zero-order chi connectivity index (χ0) is 51.9. The Kier molecular flexibility index (Phi) is 36.7. The number of phosphoric ester groups is 2. The van der Waals surface area contributed by atoms with Gasteiger partial charge in [-0.2, -0.15) is 0 Å². The van der Waals surface area contributed by atoms with Crippen LogP contribution in [0.25, 0.3) is 0 Å². The number of unbranched alkanes of at least 4 members (excludes halogenated alkanes) is 4. The van der Waals surface area contributed by atoms with Crippen LogP contribution in [0.4, 0.5) is 0 Å². The first-order chi connectivity index (χ1) is 33.5. The van der Waals surface area contributed by atoms with Crippen molar-refractivity contribution in [2.24, 2.45) is 0 Å². The van der Waals surface area contributed by atoms with Gasteiger partial charge in [0.1, 0.15) is 43.2 Å². The Morgan fingerprint density at radius 1 is 0.543 bits per heavy atom. The molecule has 0 saturated heterocycles. The maximum atomic E-state index is 13.0. The smallest absolute Gasteiger partial charge is 0.462 e. The summed E-state index contributed by atoms with van der Waals surface area (Å²) in [6.45, 7) is 2.72. The number of hydrogen-bond donors (Lipinski definition) is 8. The summed E-state index contributed by atoms with van der Waals surface area (Å²) in [6, 6.07) is 0. The average Bonchev–Trinajstić information content (AvgIpc) is 3.31. The topological polar surface area (TPSA) is 276 Å². The van der Waals surface area contributed by atoms with Gasteiger partial charge in [-0.05, 0) is 83.5 Å². The zero-order valence-electron chi connectivity index (χ0n) is 40.7. The third-order valence-electron chi connectivity index (χ3n) is 10.1. The van der Waals surface area contributed by atoms with Gasteiger partial charge in [0.15, 0.2) is 6.10 Å². The van der Waals surface area contributed by atoms with E-state index in [2.05, 4.69) is 47.9 Å². The van der Waals surface area contributed by atoms with Crippen molar-refractivity contribution >= 4 is 27.6 Å². The summed E-state index contributed by atoms with van der Waals surface area (Å²) in [5, 5.41) is 51.0. The van der Waals surface area contributed by atoms with Crippen molar-refractivity contribution in [3.63, 3.8) is 0 Å². The molecule has 1 aliphatic rings. The Hall–Kier alpha value is -3.64. The molecule has 0 aromatic carbocycles. The molecule has 19 heteroatoms. The molecule has 17 nitrogen and oxygen atoms in total. The Labute approximate surface area is 414 Å². The van der Waals surface area contributed by atoms with Crippen LogP contribution < -0.4 is 0 Å². The Balaban J connectivity index is 2.70. The van der Waals surface area contributed by atoms with Crippen LogP contribution >= 0.6 is 15.6 Å². The van der Waals surface area contributed by atoms with E-state index in [1.807, 2.05) is 79.8 Å². The van der Waals surface area contributed by atoms with Gasteiger partial charge in [-0.3, -0.25) is 23.2 Å². The van der Waals surface area contributed by atoms with Crippen molar-refractivity contribution in [2.75, 3.05) is 13.2 Å². The van der Waals surface area contributed by atoms with E-state index in [1.54, 1.807) is 12.2 Å². The van der Waals surface area contributed by atoms with Gasteiger partial charge in [-0.25, -0.2) is 9.13 Å². The lowest BCUT2D eigenvalue weighted by molar-refractivity contribution is -0.216. The van der Waals surface area contributed by atoms with Gasteiger partial charge in [0.05, 0.1) is 12.7 Å². The first-order valence-corrected chi connectivity index (χ1v) is 27.2. The van der Waals surface area contributed by atoms with E-state index < -0.39 is 89.6 Å². The molecule has 8 N–H and O–H groups in total. The third-order valence-corrected chi connectivity index (χ3v) is 11.6. The molecule has 0 radical (unpaired) electrons. The molecule has 0 spiro atoms. The minimum atomic E-state index is -5.39. The second-order valence-electron chi connectivity index (χ2n) is 16.3. The molecule has 6 unspecified atom stereocenters. The van der Waals surface area contributed by atoms with Crippen LogP contribution in [-0.4, -0.2) is 114 Å². The van der Waals surface area contributed by atoms with Crippen molar-refractivity contribution in [3.8, 4) is 0 Å². The summed E-state index contributed by atoms with van der Waals surface area (Å²) in [5.74, 6) is -1.41.